The monoisotopic (exact) mass is 317 g/mol. The van der Waals surface area contributed by atoms with Gasteiger partial charge in [0.05, 0.1) is 0 Å². The average molecular weight is 317 g/mol. The van der Waals surface area contributed by atoms with Crippen LogP contribution >= 0.6 is 0 Å². The first kappa shape index (κ1) is 17.2. The van der Waals surface area contributed by atoms with E-state index in [4.69, 9.17) is 5.73 Å². The average Bonchev–Trinajstić information content (AvgIpc) is 2.49. The highest BCUT2D eigenvalue weighted by atomic mass is 32.2. The van der Waals surface area contributed by atoms with E-state index in [9.17, 15) is 8.42 Å². The van der Waals surface area contributed by atoms with E-state index in [1.54, 1.807) is 4.31 Å². The molecule has 1 aliphatic heterocycles. The quantitative estimate of drug-likeness (QED) is 0.785. The lowest BCUT2D eigenvalue weighted by Gasteiger charge is -2.34. The van der Waals surface area contributed by atoms with Crippen molar-refractivity contribution >= 4 is 10.2 Å². The van der Waals surface area contributed by atoms with Gasteiger partial charge in [-0.25, -0.2) is 4.72 Å². The fraction of sp³-hybridized carbons (Fsp3) is 1.00. The van der Waals surface area contributed by atoms with Crippen molar-refractivity contribution in [2.24, 2.45) is 17.6 Å². The van der Waals surface area contributed by atoms with Crippen molar-refractivity contribution in [3.05, 3.63) is 0 Å². The SMILES string of the molecule is CC1CCC(CCNS(=O)(=O)N2CCCCC2CN)CC1. The molecule has 2 aliphatic rings. The van der Waals surface area contributed by atoms with E-state index in [0.29, 0.717) is 25.6 Å². The Morgan fingerprint density at radius 3 is 2.52 bits per heavy atom. The molecule has 0 aromatic rings. The summed E-state index contributed by atoms with van der Waals surface area (Å²) < 4.78 is 29.2. The molecule has 124 valence electrons. The van der Waals surface area contributed by atoms with Crippen LogP contribution in [0.15, 0.2) is 0 Å². The molecule has 2 rings (SSSR count). The lowest BCUT2D eigenvalue weighted by Crippen LogP contribution is -2.51. The zero-order valence-corrected chi connectivity index (χ0v) is 14.1. The highest BCUT2D eigenvalue weighted by molar-refractivity contribution is 7.87. The minimum Gasteiger partial charge on any atom is -0.329 e. The van der Waals surface area contributed by atoms with Crippen molar-refractivity contribution in [3.8, 4) is 0 Å². The summed E-state index contributed by atoms with van der Waals surface area (Å²) in [6.07, 6.45) is 8.95. The summed E-state index contributed by atoms with van der Waals surface area (Å²) in [4.78, 5) is 0. The molecule has 6 heteroatoms. The number of hydrogen-bond donors (Lipinski definition) is 2. The van der Waals surface area contributed by atoms with Crippen molar-refractivity contribution < 1.29 is 8.42 Å². The lowest BCUT2D eigenvalue weighted by atomic mass is 9.81. The van der Waals surface area contributed by atoms with Gasteiger partial charge in [-0.3, -0.25) is 0 Å². The largest absolute Gasteiger partial charge is 0.329 e. The van der Waals surface area contributed by atoms with Gasteiger partial charge in [-0.2, -0.15) is 12.7 Å². The van der Waals surface area contributed by atoms with Gasteiger partial charge >= 0.3 is 0 Å². The summed E-state index contributed by atoms with van der Waals surface area (Å²) in [5.74, 6) is 1.53. The van der Waals surface area contributed by atoms with Crippen LogP contribution in [-0.4, -0.2) is 38.4 Å². The van der Waals surface area contributed by atoms with Gasteiger partial charge in [0.25, 0.3) is 10.2 Å². The summed E-state index contributed by atoms with van der Waals surface area (Å²) in [6, 6.07) is -0.0215. The molecule has 0 radical (unpaired) electrons. The number of nitrogens with one attached hydrogen (secondary N) is 1. The molecule has 3 N–H and O–H groups in total. The Morgan fingerprint density at radius 2 is 1.86 bits per heavy atom. The van der Waals surface area contributed by atoms with Gasteiger partial charge in [0.15, 0.2) is 0 Å². The van der Waals surface area contributed by atoms with E-state index in [2.05, 4.69) is 11.6 Å². The van der Waals surface area contributed by atoms with Crippen molar-refractivity contribution in [1.29, 1.82) is 0 Å². The molecule has 0 amide bonds. The normalized spacial score (nSPS) is 32.2. The van der Waals surface area contributed by atoms with Gasteiger partial charge in [0.1, 0.15) is 0 Å². The van der Waals surface area contributed by atoms with Crippen LogP contribution in [0, 0.1) is 11.8 Å². The third kappa shape index (κ3) is 4.91. The van der Waals surface area contributed by atoms with Gasteiger partial charge in [-0.05, 0) is 31.1 Å². The van der Waals surface area contributed by atoms with Crippen molar-refractivity contribution in [2.45, 2.75) is 64.3 Å². The highest BCUT2D eigenvalue weighted by Gasteiger charge is 2.31. The standard InChI is InChI=1S/C15H31N3O2S/c1-13-5-7-14(8-6-13)9-10-17-21(19,20)18-11-3-2-4-15(18)12-16/h13-15,17H,2-12,16H2,1H3. The fourth-order valence-electron chi connectivity index (χ4n) is 3.62. The molecule has 0 aromatic carbocycles. The summed E-state index contributed by atoms with van der Waals surface area (Å²) in [6.45, 7) is 3.90. The lowest BCUT2D eigenvalue weighted by molar-refractivity contribution is 0.252. The minimum absolute atomic E-state index is 0.0215. The van der Waals surface area contributed by atoms with Crippen molar-refractivity contribution in [2.75, 3.05) is 19.6 Å². The van der Waals surface area contributed by atoms with Crippen LogP contribution in [0.4, 0.5) is 0 Å². The first-order valence-electron chi connectivity index (χ1n) is 8.49. The molecule has 1 saturated carbocycles. The summed E-state index contributed by atoms with van der Waals surface area (Å²) in [5, 5.41) is 0. The molecule has 5 nitrogen and oxygen atoms in total. The second kappa shape index (κ2) is 7.90. The van der Waals surface area contributed by atoms with Crippen molar-refractivity contribution in [1.82, 2.24) is 9.03 Å². The number of piperidine rings is 1. The van der Waals surface area contributed by atoms with E-state index >= 15 is 0 Å². The number of nitrogens with two attached hydrogens (primary N) is 1. The molecule has 1 saturated heterocycles. The Bertz CT molecular complexity index is 405. The van der Waals surface area contributed by atoms with Crippen LogP contribution in [0.25, 0.3) is 0 Å². The van der Waals surface area contributed by atoms with Crippen LogP contribution in [0.3, 0.4) is 0 Å². The first-order valence-corrected chi connectivity index (χ1v) is 9.93. The molecule has 1 heterocycles. The van der Waals surface area contributed by atoms with Crippen LogP contribution in [-0.2, 0) is 10.2 Å². The van der Waals surface area contributed by atoms with Crippen LogP contribution in [0.5, 0.6) is 0 Å². The van der Waals surface area contributed by atoms with Crippen molar-refractivity contribution in [3.63, 3.8) is 0 Å². The Labute approximate surface area is 129 Å². The Balaban J connectivity index is 1.78. The second-order valence-electron chi connectivity index (χ2n) is 6.81. The molecule has 0 bridgehead atoms. The second-order valence-corrected chi connectivity index (χ2v) is 8.52. The summed E-state index contributed by atoms with van der Waals surface area (Å²) in [5.41, 5.74) is 5.72. The Kier molecular flexibility index (Phi) is 6.47. The zero-order valence-electron chi connectivity index (χ0n) is 13.3. The van der Waals surface area contributed by atoms with Gasteiger partial charge in [-0.1, -0.05) is 39.0 Å². The van der Waals surface area contributed by atoms with Gasteiger partial charge in [0.2, 0.25) is 0 Å². The molecule has 2 fully saturated rings. The van der Waals surface area contributed by atoms with E-state index in [1.165, 1.54) is 25.7 Å². The smallest absolute Gasteiger partial charge is 0.279 e. The molecule has 1 atom stereocenters. The predicted octanol–water partition coefficient (Wildman–Crippen LogP) is 1.85. The van der Waals surface area contributed by atoms with E-state index in [0.717, 1.165) is 31.6 Å². The topological polar surface area (TPSA) is 75.4 Å². The van der Waals surface area contributed by atoms with Crippen LogP contribution < -0.4 is 10.5 Å². The Morgan fingerprint density at radius 1 is 1.14 bits per heavy atom. The minimum atomic E-state index is -3.35. The zero-order chi connectivity index (χ0) is 15.3. The fourth-order valence-corrected chi connectivity index (χ4v) is 5.11. The van der Waals surface area contributed by atoms with E-state index in [1.807, 2.05) is 0 Å². The number of hydrogen-bond acceptors (Lipinski definition) is 3. The first-order chi connectivity index (χ1) is 10.0. The molecule has 1 aliphatic carbocycles. The van der Waals surface area contributed by atoms with Crippen LogP contribution in [0.2, 0.25) is 0 Å². The van der Waals surface area contributed by atoms with E-state index < -0.39 is 10.2 Å². The predicted molar refractivity (Wildman–Crippen MR) is 86.1 cm³/mol. The van der Waals surface area contributed by atoms with Gasteiger partial charge in [0, 0.05) is 25.7 Å². The maximum Gasteiger partial charge on any atom is 0.279 e. The molecule has 1 unspecified atom stereocenters. The third-order valence-corrected chi connectivity index (χ3v) is 6.79. The summed E-state index contributed by atoms with van der Waals surface area (Å²) in [7, 11) is -3.35. The maximum absolute atomic E-state index is 12.4. The number of nitrogens with zero attached hydrogens (tertiary/aromatic N) is 1. The van der Waals surface area contributed by atoms with Gasteiger partial charge < -0.3 is 5.73 Å². The van der Waals surface area contributed by atoms with Gasteiger partial charge in [-0.15, -0.1) is 0 Å². The molecule has 0 spiro atoms. The highest BCUT2D eigenvalue weighted by Crippen LogP contribution is 2.30. The number of rotatable bonds is 6. The maximum atomic E-state index is 12.4. The van der Waals surface area contributed by atoms with E-state index in [-0.39, 0.29) is 6.04 Å². The summed E-state index contributed by atoms with van der Waals surface area (Å²) >= 11 is 0. The molecule has 21 heavy (non-hydrogen) atoms. The molecule has 0 aromatic heterocycles. The third-order valence-electron chi connectivity index (χ3n) is 5.13. The molecular weight excluding hydrogens is 286 g/mol. The Hall–Kier alpha value is -0.170. The van der Waals surface area contributed by atoms with Crippen LogP contribution in [0.1, 0.15) is 58.3 Å². The molecular formula is C15H31N3O2S.